The lowest BCUT2D eigenvalue weighted by atomic mass is 10.1. The van der Waals surface area contributed by atoms with E-state index in [4.69, 9.17) is 23.2 Å². The molecule has 0 bridgehead atoms. The predicted molar refractivity (Wildman–Crippen MR) is 115 cm³/mol. The number of aromatic nitrogens is 4. The van der Waals surface area contributed by atoms with Crippen molar-refractivity contribution in [2.45, 2.75) is 33.1 Å². The van der Waals surface area contributed by atoms with Gasteiger partial charge in [-0.25, -0.2) is 0 Å². The second kappa shape index (κ2) is 9.22. The lowest BCUT2D eigenvalue weighted by Gasteiger charge is -2.12. The fraction of sp³-hybridized carbons (Fsp3) is 0.316. The second-order valence-corrected chi connectivity index (χ2v) is 8.70. The summed E-state index contributed by atoms with van der Waals surface area (Å²) in [5.41, 5.74) is 0.124. The third-order valence-corrected chi connectivity index (χ3v) is 5.64. The van der Waals surface area contributed by atoms with Gasteiger partial charge in [0.2, 0.25) is 5.91 Å². The van der Waals surface area contributed by atoms with Crippen LogP contribution in [0.4, 0.5) is 19.0 Å². The first-order valence-corrected chi connectivity index (χ1v) is 10.6. The summed E-state index contributed by atoms with van der Waals surface area (Å²) in [6.07, 6.45) is -2.86. The summed E-state index contributed by atoms with van der Waals surface area (Å²) in [6.45, 7) is 3.45. The Morgan fingerprint density at radius 1 is 1.26 bits per heavy atom. The molecule has 31 heavy (non-hydrogen) atoms. The maximum Gasteiger partial charge on any atom is 0.435 e. The van der Waals surface area contributed by atoms with E-state index in [-0.39, 0.29) is 12.4 Å². The van der Waals surface area contributed by atoms with Crippen molar-refractivity contribution in [3.8, 4) is 0 Å². The average molecular weight is 539 g/mol. The molecule has 0 aliphatic carbocycles. The Labute approximate surface area is 194 Å². The van der Waals surface area contributed by atoms with Crippen LogP contribution in [0.3, 0.4) is 0 Å². The van der Waals surface area contributed by atoms with Gasteiger partial charge in [0.1, 0.15) is 0 Å². The number of hydrogen-bond acceptors (Lipinski definition) is 3. The van der Waals surface area contributed by atoms with Crippen LogP contribution in [-0.2, 0) is 24.1 Å². The highest BCUT2D eigenvalue weighted by atomic mass is 79.9. The van der Waals surface area contributed by atoms with Crippen molar-refractivity contribution in [3.05, 3.63) is 61.9 Å². The number of aryl methyl sites for hydroxylation is 1. The van der Waals surface area contributed by atoms with E-state index in [1.165, 1.54) is 11.6 Å². The Morgan fingerprint density at radius 3 is 2.58 bits per heavy atom. The standard InChI is InChI=1S/C19H17BrCl2F3N5O/c1-10(7-30-11(2)5-16(27-30)19(23,24)25)18(31)26-17-14(20)9-29(28-17)8-12-3-4-13(21)6-15(12)22/h3-6,9-10H,7-8H2,1-2H3,(H,26,28,31). The van der Waals surface area contributed by atoms with Crippen LogP contribution in [0.15, 0.2) is 34.9 Å². The molecule has 2 aromatic heterocycles. The lowest BCUT2D eigenvalue weighted by Crippen LogP contribution is -2.26. The smallest absolute Gasteiger partial charge is 0.308 e. The Bertz CT molecular complexity index is 1110. The van der Waals surface area contributed by atoms with Crippen LogP contribution in [0.25, 0.3) is 0 Å². The zero-order valence-electron chi connectivity index (χ0n) is 16.3. The van der Waals surface area contributed by atoms with Crippen LogP contribution >= 0.6 is 39.1 Å². The van der Waals surface area contributed by atoms with Crippen LogP contribution in [-0.4, -0.2) is 25.5 Å². The monoisotopic (exact) mass is 537 g/mol. The molecule has 0 aliphatic rings. The first-order valence-electron chi connectivity index (χ1n) is 9.03. The number of rotatable bonds is 6. The molecule has 12 heteroatoms. The molecule has 1 amide bonds. The number of anilines is 1. The fourth-order valence-electron chi connectivity index (χ4n) is 2.80. The summed E-state index contributed by atoms with van der Waals surface area (Å²) in [5, 5.41) is 11.6. The molecule has 0 spiro atoms. The SMILES string of the molecule is Cc1cc(C(F)(F)F)nn1CC(C)C(=O)Nc1nn(Cc2ccc(Cl)cc2Cl)cc1Br. The Kier molecular flexibility index (Phi) is 7.02. The lowest BCUT2D eigenvalue weighted by molar-refractivity contribution is -0.141. The summed E-state index contributed by atoms with van der Waals surface area (Å²) >= 11 is 15.4. The van der Waals surface area contributed by atoms with Gasteiger partial charge in [0, 0.05) is 21.9 Å². The highest BCUT2D eigenvalue weighted by Gasteiger charge is 2.34. The number of carbonyl (C=O) groups excluding carboxylic acids is 1. The fourth-order valence-corrected chi connectivity index (χ4v) is 3.69. The van der Waals surface area contributed by atoms with E-state index in [0.717, 1.165) is 11.6 Å². The molecule has 0 saturated carbocycles. The van der Waals surface area contributed by atoms with Crippen LogP contribution in [0, 0.1) is 12.8 Å². The summed E-state index contributed by atoms with van der Waals surface area (Å²) in [7, 11) is 0. The van der Waals surface area contributed by atoms with Crippen molar-refractivity contribution in [1.29, 1.82) is 0 Å². The molecule has 1 unspecified atom stereocenters. The molecule has 166 valence electrons. The van der Waals surface area contributed by atoms with Crippen molar-refractivity contribution in [1.82, 2.24) is 19.6 Å². The first-order chi connectivity index (χ1) is 14.4. The van der Waals surface area contributed by atoms with Gasteiger partial charge < -0.3 is 5.32 Å². The first kappa shape index (κ1) is 23.6. The van der Waals surface area contributed by atoms with Crippen LogP contribution in [0.1, 0.15) is 23.9 Å². The third kappa shape index (κ3) is 5.81. The quantitative estimate of drug-likeness (QED) is 0.431. The number of halogens is 6. The molecular formula is C19H17BrCl2F3N5O. The molecule has 0 radical (unpaired) electrons. The molecule has 0 aliphatic heterocycles. The summed E-state index contributed by atoms with van der Waals surface area (Å²) in [5.74, 6) is -0.767. The second-order valence-electron chi connectivity index (χ2n) is 7.00. The number of hydrogen-bond donors (Lipinski definition) is 1. The van der Waals surface area contributed by atoms with E-state index in [0.29, 0.717) is 26.8 Å². The Hall–Kier alpha value is -2.04. The van der Waals surface area contributed by atoms with E-state index >= 15 is 0 Å². The molecule has 1 atom stereocenters. The van der Waals surface area contributed by atoms with Crippen LogP contribution in [0.2, 0.25) is 10.0 Å². The normalized spacial score (nSPS) is 12.8. The maximum absolute atomic E-state index is 12.8. The summed E-state index contributed by atoms with van der Waals surface area (Å²) in [6, 6.07) is 6.07. The van der Waals surface area contributed by atoms with E-state index in [1.54, 1.807) is 36.0 Å². The minimum absolute atomic E-state index is 0.00748. The molecule has 1 aromatic carbocycles. The average Bonchev–Trinajstić information content (AvgIpc) is 3.20. The van der Waals surface area contributed by atoms with E-state index in [9.17, 15) is 18.0 Å². The van der Waals surface area contributed by atoms with Gasteiger partial charge in [-0.15, -0.1) is 0 Å². The molecule has 0 fully saturated rings. The largest absolute Gasteiger partial charge is 0.435 e. The number of amides is 1. The van der Waals surface area contributed by atoms with Crippen molar-refractivity contribution in [2.24, 2.45) is 5.92 Å². The van der Waals surface area contributed by atoms with E-state index in [2.05, 4.69) is 31.4 Å². The van der Waals surface area contributed by atoms with Gasteiger partial charge >= 0.3 is 6.18 Å². The van der Waals surface area contributed by atoms with Gasteiger partial charge in [0.15, 0.2) is 11.5 Å². The van der Waals surface area contributed by atoms with Gasteiger partial charge in [0.05, 0.1) is 23.5 Å². The van der Waals surface area contributed by atoms with Gasteiger partial charge in [-0.05, 0) is 46.6 Å². The van der Waals surface area contributed by atoms with E-state index in [1.807, 2.05) is 0 Å². The zero-order chi connectivity index (χ0) is 22.9. The van der Waals surface area contributed by atoms with Crippen LogP contribution in [0.5, 0.6) is 0 Å². The number of nitrogens with zero attached hydrogens (tertiary/aromatic N) is 4. The highest BCUT2D eigenvalue weighted by Crippen LogP contribution is 2.29. The number of nitrogens with one attached hydrogen (secondary N) is 1. The van der Waals surface area contributed by atoms with Crippen LogP contribution < -0.4 is 5.32 Å². The predicted octanol–water partition coefficient (Wildman–Crippen LogP) is 5.80. The minimum Gasteiger partial charge on any atom is -0.308 e. The molecule has 6 nitrogen and oxygen atoms in total. The van der Waals surface area contributed by atoms with Gasteiger partial charge in [-0.1, -0.05) is 36.2 Å². The number of alkyl halides is 3. The Balaban J connectivity index is 1.67. The molecule has 3 rings (SSSR count). The molecular weight excluding hydrogens is 522 g/mol. The topological polar surface area (TPSA) is 64.7 Å². The Morgan fingerprint density at radius 2 is 1.97 bits per heavy atom. The van der Waals surface area contributed by atoms with Crippen molar-refractivity contribution in [3.63, 3.8) is 0 Å². The zero-order valence-corrected chi connectivity index (χ0v) is 19.4. The minimum atomic E-state index is -4.54. The summed E-state index contributed by atoms with van der Waals surface area (Å²) in [4.78, 5) is 12.6. The van der Waals surface area contributed by atoms with Gasteiger partial charge in [0.25, 0.3) is 0 Å². The summed E-state index contributed by atoms with van der Waals surface area (Å²) < 4.78 is 41.8. The van der Waals surface area contributed by atoms with E-state index < -0.39 is 23.7 Å². The molecule has 3 aromatic rings. The van der Waals surface area contributed by atoms with Crippen molar-refractivity contribution in [2.75, 3.05) is 5.32 Å². The van der Waals surface area contributed by atoms with Gasteiger partial charge in [-0.2, -0.15) is 23.4 Å². The molecule has 1 N–H and O–H groups in total. The van der Waals surface area contributed by atoms with Crippen molar-refractivity contribution < 1.29 is 18.0 Å². The van der Waals surface area contributed by atoms with Crippen molar-refractivity contribution >= 4 is 50.9 Å². The molecule has 2 heterocycles. The third-order valence-electron chi connectivity index (χ3n) is 4.47. The molecule has 0 saturated heterocycles. The van der Waals surface area contributed by atoms with Gasteiger partial charge in [-0.3, -0.25) is 14.2 Å². The highest BCUT2D eigenvalue weighted by molar-refractivity contribution is 9.10. The number of benzene rings is 1. The number of carbonyl (C=O) groups is 1. The maximum atomic E-state index is 12.8.